The summed E-state index contributed by atoms with van der Waals surface area (Å²) in [6.45, 7) is 23.8. The van der Waals surface area contributed by atoms with E-state index in [4.69, 9.17) is 33.2 Å². The minimum Gasteiger partial charge on any atom is -0.394 e. The molecule has 0 radical (unpaired) electrons. The maximum atomic E-state index is 11.3. The van der Waals surface area contributed by atoms with Gasteiger partial charge in [0.15, 0.2) is 12.4 Å². The zero-order valence-electron chi connectivity index (χ0n) is 44.8. The lowest BCUT2D eigenvalue weighted by molar-refractivity contribution is -0.349. The Bertz CT molecular complexity index is 1260. The van der Waals surface area contributed by atoms with Gasteiger partial charge in [0.25, 0.3) is 0 Å². The molecular formula is C55H106O13. The van der Waals surface area contributed by atoms with Crippen LogP contribution in [0, 0.1) is 47.3 Å². The predicted octanol–water partition coefficient (Wildman–Crippen LogP) is 9.33. The molecule has 13 heteroatoms. The Morgan fingerprint density at radius 1 is 0.456 bits per heavy atom. The van der Waals surface area contributed by atoms with Gasteiger partial charge in [0.05, 0.1) is 26.4 Å². The van der Waals surface area contributed by atoms with Crippen molar-refractivity contribution >= 4 is 0 Å². The van der Waals surface area contributed by atoms with Gasteiger partial charge in [0, 0.05) is 13.2 Å². The van der Waals surface area contributed by atoms with Gasteiger partial charge in [-0.05, 0) is 60.2 Å². The van der Waals surface area contributed by atoms with E-state index in [9.17, 15) is 30.6 Å². The smallest absolute Gasteiger partial charge is 0.315 e. The Labute approximate surface area is 414 Å². The van der Waals surface area contributed by atoms with Crippen LogP contribution in [-0.4, -0.2) is 137 Å². The molecule has 68 heavy (non-hydrogen) atoms. The molecule has 3 fully saturated rings. The number of epoxide rings is 1. The molecule has 3 aliphatic heterocycles. The van der Waals surface area contributed by atoms with Gasteiger partial charge >= 0.3 is 5.97 Å². The summed E-state index contributed by atoms with van der Waals surface area (Å²) in [6, 6.07) is 0. The summed E-state index contributed by atoms with van der Waals surface area (Å²) in [5, 5.41) is 62.3. The van der Waals surface area contributed by atoms with E-state index in [1.807, 2.05) is 0 Å². The molecule has 3 aliphatic rings. The van der Waals surface area contributed by atoms with Crippen molar-refractivity contribution in [1.82, 2.24) is 0 Å². The van der Waals surface area contributed by atoms with Crippen LogP contribution in [0.5, 0.6) is 0 Å². The highest BCUT2D eigenvalue weighted by molar-refractivity contribution is 5.04. The van der Waals surface area contributed by atoms with Crippen molar-refractivity contribution in [1.29, 1.82) is 0 Å². The highest BCUT2D eigenvalue weighted by Crippen LogP contribution is 2.48. The number of rotatable bonds is 40. The second-order valence-electron chi connectivity index (χ2n) is 23.2. The largest absolute Gasteiger partial charge is 0.394 e. The van der Waals surface area contributed by atoms with Crippen LogP contribution in [-0.2, 0) is 33.2 Å². The molecule has 0 aliphatic carbocycles. The number of aliphatic hydroxyl groups is 6. The van der Waals surface area contributed by atoms with Crippen LogP contribution in [0.15, 0.2) is 0 Å². The third-order valence-electron chi connectivity index (χ3n) is 15.3. The maximum absolute atomic E-state index is 11.3. The molecule has 6 N–H and O–H groups in total. The van der Waals surface area contributed by atoms with E-state index in [1.165, 1.54) is 109 Å². The van der Waals surface area contributed by atoms with Crippen molar-refractivity contribution in [2.24, 2.45) is 47.3 Å². The average Bonchev–Trinajstić information content (AvgIpc) is 4.02. The number of hydrogen-bond acceptors (Lipinski definition) is 13. The highest BCUT2D eigenvalue weighted by Gasteiger charge is 2.71. The van der Waals surface area contributed by atoms with E-state index in [1.54, 1.807) is 0 Å². The van der Waals surface area contributed by atoms with E-state index in [0.717, 1.165) is 54.8 Å². The molecule has 0 aromatic carbocycles. The normalized spacial score (nSPS) is 30.5. The van der Waals surface area contributed by atoms with Gasteiger partial charge in [-0.15, -0.1) is 0 Å². The first-order valence-electron chi connectivity index (χ1n) is 27.8. The van der Waals surface area contributed by atoms with Crippen molar-refractivity contribution < 1.29 is 63.8 Å². The number of fused-ring (bicyclic) bond motifs is 1. The summed E-state index contributed by atoms with van der Waals surface area (Å²) in [4.78, 5) is 0. The zero-order valence-corrected chi connectivity index (χ0v) is 44.8. The number of aliphatic hydroxyl groups excluding tert-OH is 6. The van der Waals surface area contributed by atoms with E-state index in [0.29, 0.717) is 31.7 Å². The molecule has 0 aromatic rings. The zero-order chi connectivity index (χ0) is 50.2. The molecule has 0 spiro atoms. The molecule has 3 rings (SSSR count). The fraction of sp³-hybridized carbons (Fsp3) is 1.00. The molecule has 3 heterocycles. The van der Waals surface area contributed by atoms with Gasteiger partial charge in [-0.25, -0.2) is 0 Å². The van der Waals surface area contributed by atoms with Crippen molar-refractivity contribution in [3.63, 3.8) is 0 Å². The van der Waals surface area contributed by atoms with Crippen molar-refractivity contribution in [2.45, 2.75) is 265 Å². The van der Waals surface area contributed by atoms with Gasteiger partial charge < -0.3 is 63.8 Å². The first kappa shape index (κ1) is 61.8. The van der Waals surface area contributed by atoms with Crippen LogP contribution >= 0.6 is 0 Å². The fourth-order valence-electron chi connectivity index (χ4n) is 10.1. The third-order valence-corrected chi connectivity index (χ3v) is 15.3. The Balaban J connectivity index is 1.45. The maximum Gasteiger partial charge on any atom is 0.315 e. The lowest BCUT2D eigenvalue weighted by Gasteiger charge is -2.43. The lowest BCUT2D eigenvalue weighted by atomic mass is 9.91. The molecule has 13 nitrogen and oxygen atoms in total. The second kappa shape index (κ2) is 33.3. The molecule has 0 bridgehead atoms. The standard InChI is InChI=1S/C55H106O13/c1-37(2)17-11-19-39(5)21-13-23-41(7)25-15-27-43(9)29-31-62-35-45(63-32-30-44(10)28-16-26-42(8)24-14-22-40(6)20-12-18-38(3)4)36-64-55-53(68-55)51(61)52(47(34-57)67-55)66-54-50(60)49(59)48(58)46(33-56)65-54/h37-54,56-61H,11-36H2,1-10H3/t39-,40-,41-,42-,43-,44-,45+,46?,47?,48+,49?,50?,51?,52-,53?,54+,55+/m1/s1. The van der Waals surface area contributed by atoms with E-state index in [-0.39, 0.29) is 6.61 Å². The van der Waals surface area contributed by atoms with Crippen molar-refractivity contribution in [2.75, 3.05) is 39.6 Å². The molecule has 0 amide bonds. The van der Waals surface area contributed by atoms with Crippen LogP contribution in [0.2, 0.25) is 0 Å². The molecule has 0 aromatic heterocycles. The SMILES string of the molecule is CC(C)CCC[C@@H](C)CCC[C@@H](C)CCC[C@@H](C)CCOC[C@@H](CO[C@]12OC(CO)[C@@H](O[C@@H]3OC(CO)[C@H](O)C(O)C3O)C(O)C1O2)OCC[C@H](C)CCC[C@H](C)CCC[C@H](C)CCCC(C)C. The average molecular weight is 975 g/mol. The minimum absolute atomic E-state index is 0.0615. The summed E-state index contributed by atoms with van der Waals surface area (Å²) in [6.07, 6.45) is 12.4. The number of ether oxygens (including phenoxy) is 7. The van der Waals surface area contributed by atoms with Crippen LogP contribution < -0.4 is 0 Å². The van der Waals surface area contributed by atoms with Gasteiger partial charge in [-0.1, -0.05) is 185 Å². The highest BCUT2D eigenvalue weighted by atomic mass is 17.0. The molecule has 404 valence electrons. The first-order chi connectivity index (χ1) is 32.4. The Morgan fingerprint density at radius 3 is 1.32 bits per heavy atom. The first-order valence-corrected chi connectivity index (χ1v) is 27.8. The molecular weight excluding hydrogens is 869 g/mol. The Hall–Kier alpha value is -0.520. The molecule has 3 saturated heterocycles. The van der Waals surface area contributed by atoms with Gasteiger partial charge in [0.1, 0.15) is 48.8 Å². The minimum atomic E-state index is -1.69. The number of hydrogen-bond donors (Lipinski definition) is 6. The van der Waals surface area contributed by atoms with Gasteiger partial charge in [0.2, 0.25) is 0 Å². The van der Waals surface area contributed by atoms with E-state index < -0.39 is 80.4 Å². The van der Waals surface area contributed by atoms with Gasteiger partial charge in [-0.3, -0.25) is 0 Å². The monoisotopic (exact) mass is 975 g/mol. The second-order valence-corrected chi connectivity index (χ2v) is 23.2. The Morgan fingerprint density at radius 2 is 0.882 bits per heavy atom. The van der Waals surface area contributed by atoms with Crippen LogP contribution in [0.1, 0.15) is 198 Å². The summed E-state index contributed by atoms with van der Waals surface area (Å²) in [5.41, 5.74) is 0. The summed E-state index contributed by atoms with van der Waals surface area (Å²) >= 11 is 0. The molecule has 17 atom stereocenters. The van der Waals surface area contributed by atoms with Gasteiger partial charge in [-0.2, -0.15) is 0 Å². The lowest BCUT2D eigenvalue weighted by Crippen LogP contribution is -2.62. The van der Waals surface area contributed by atoms with Crippen LogP contribution in [0.4, 0.5) is 0 Å². The topological polar surface area (TPSA) is 189 Å². The van der Waals surface area contributed by atoms with Crippen molar-refractivity contribution in [3.05, 3.63) is 0 Å². The summed E-state index contributed by atoms with van der Waals surface area (Å²) in [7, 11) is 0. The summed E-state index contributed by atoms with van der Waals surface area (Å²) < 4.78 is 42.1. The van der Waals surface area contributed by atoms with Crippen LogP contribution in [0.25, 0.3) is 0 Å². The summed E-state index contributed by atoms with van der Waals surface area (Å²) in [5.74, 6) is 4.18. The van der Waals surface area contributed by atoms with Crippen molar-refractivity contribution in [3.8, 4) is 0 Å². The third kappa shape index (κ3) is 23.1. The fourth-order valence-corrected chi connectivity index (χ4v) is 10.1. The molecule has 6 unspecified atom stereocenters. The van der Waals surface area contributed by atoms with E-state index >= 15 is 0 Å². The van der Waals surface area contributed by atoms with Crippen LogP contribution in [0.3, 0.4) is 0 Å². The van der Waals surface area contributed by atoms with E-state index in [2.05, 4.69) is 69.2 Å². The molecule has 0 saturated carbocycles. The predicted molar refractivity (Wildman–Crippen MR) is 268 cm³/mol. The quantitative estimate of drug-likeness (QED) is 0.0252. The Kier molecular flexibility index (Phi) is 30.3.